The lowest BCUT2D eigenvalue weighted by Gasteiger charge is -2.38. The highest BCUT2D eigenvalue weighted by molar-refractivity contribution is 5.83. The molecular weight excluding hydrogens is 354 g/mol. The number of hydrogen-bond donors (Lipinski definition) is 1. The number of benzene rings is 1. The lowest BCUT2D eigenvalue weighted by molar-refractivity contribution is -0.161. The molecule has 2 rings (SSSR count). The second-order valence-electron chi connectivity index (χ2n) is 8.46. The standard InChI is InChI=1S/C23H33NO4/c1-5-12-19(20(25)28-22(2,3)4)24-23(15-10-7-11-16-23)21(26)27-17-18-13-8-6-9-14-18/h5-6,8-9,13-14,19,24H,1,7,10-12,15-17H2,2-4H3. The van der Waals surface area contributed by atoms with Gasteiger partial charge in [-0.1, -0.05) is 55.7 Å². The van der Waals surface area contributed by atoms with Gasteiger partial charge in [0.15, 0.2) is 0 Å². The third-order valence-electron chi connectivity index (χ3n) is 4.85. The molecule has 1 fully saturated rings. The molecule has 0 amide bonds. The van der Waals surface area contributed by atoms with Crippen LogP contribution in [-0.4, -0.2) is 29.1 Å². The number of carbonyl (C=O) groups excluding carboxylic acids is 2. The van der Waals surface area contributed by atoms with Crippen molar-refractivity contribution in [3.63, 3.8) is 0 Å². The summed E-state index contributed by atoms with van der Waals surface area (Å²) in [5, 5.41) is 3.31. The van der Waals surface area contributed by atoms with Crippen LogP contribution in [0.3, 0.4) is 0 Å². The summed E-state index contributed by atoms with van der Waals surface area (Å²) in [7, 11) is 0. The van der Waals surface area contributed by atoms with Crippen LogP contribution in [0.1, 0.15) is 64.9 Å². The van der Waals surface area contributed by atoms with Crippen molar-refractivity contribution in [1.29, 1.82) is 0 Å². The maximum Gasteiger partial charge on any atom is 0.326 e. The second-order valence-corrected chi connectivity index (χ2v) is 8.46. The van der Waals surface area contributed by atoms with Gasteiger partial charge in [0.25, 0.3) is 0 Å². The highest BCUT2D eigenvalue weighted by atomic mass is 16.6. The summed E-state index contributed by atoms with van der Waals surface area (Å²) in [6.45, 7) is 9.48. The Kier molecular flexibility index (Phi) is 7.81. The first-order valence-electron chi connectivity index (χ1n) is 10.1. The predicted octanol–water partition coefficient (Wildman–Crippen LogP) is 4.31. The van der Waals surface area contributed by atoms with E-state index in [1.807, 2.05) is 51.1 Å². The highest BCUT2D eigenvalue weighted by Crippen LogP contribution is 2.31. The van der Waals surface area contributed by atoms with Crippen molar-refractivity contribution in [1.82, 2.24) is 5.32 Å². The molecule has 1 unspecified atom stereocenters. The summed E-state index contributed by atoms with van der Waals surface area (Å²) in [5.74, 6) is -0.665. The minimum absolute atomic E-state index is 0.224. The number of esters is 2. The molecule has 0 bridgehead atoms. The minimum Gasteiger partial charge on any atom is -0.459 e. The van der Waals surface area contributed by atoms with E-state index in [2.05, 4.69) is 11.9 Å². The summed E-state index contributed by atoms with van der Waals surface area (Å²) >= 11 is 0. The first kappa shape index (κ1) is 22.2. The Hall–Kier alpha value is -2.14. The van der Waals surface area contributed by atoms with Crippen molar-refractivity contribution in [2.24, 2.45) is 0 Å². The summed E-state index contributed by atoms with van der Waals surface area (Å²) < 4.78 is 11.2. The molecule has 1 aliphatic carbocycles. The van der Waals surface area contributed by atoms with Crippen molar-refractivity contribution >= 4 is 11.9 Å². The maximum atomic E-state index is 13.1. The molecule has 1 atom stereocenters. The smallest absolute Gasteiger partial charge is 0.326 e. The van der Waals surface area contributed by atoms with E-state index in [0.717, 1.165) is 24.8 Å². The van der Waals surface area contributed by atoms with E-state index in [0.29, 0.717) is 19.3 Å². The summed E-state index contributed by atoms with van der Waals surface area (Å²) in [6.07, 6.45) is 6.28. The Balaban J connectivity index is 2.13. The second kappa shape index (κ2) is 9.87. The molecule has 0 spiro atoms. The Morgan fingerprint density at radius 1 is 1.18 bits per heavy atom. The number of ether oxygens (including phenoxy) is 2. The van der Waals surface area contributed by atoms with E-state index < -0.39 is 17.2 Å². The molecule has 0 heterocycles. The molecule has 0 aromatic heterocycles. The number of rotatable bonds is 8. The molecule has 0 saturated heterocycles. The van der Waals surface area contributed by atoms with E-state index >= 15 is 0 Å². The van der Waals surface area contributed by atoms with Gasteiger partial charge in [-0.15, -0.1) is 6.58 Å². The van der Waals surface area contributed by atoms with Gasteiger partial charge in [0.1, 0.15) is 23.8 Å². The summed E-state index contributed by atoms with van der Waals surface area (Å²) in [5.41, 5.74) is -0.514. The molecule has 154 valence electrons. The van der Waals surface area contributed by atoms with Crippen LogP contribution in [0.2, 0.25) is 0 Å². The minimum atomic E-state index is -0.863. The van der Waals surface area contributed by atoms with Crippen molar-refractivity contribution in [3.05, 3.63) is 48.6 Å². The molecule has 1 saturated carbocycles. The van der Waals surface area contributed by atoms with Gasteiger partial charge in [0.2, 0.25) is 0 Å². The molecule has 0 aliphatic heterocycles. The van der Waals surface area contributed by atoms with Gasteiger partial charge in [-0.25, -0.2) is 0 Å². The van der Waals surface area contributed by atoms with E-state index in [1.54, 1.807) is 6.08 Å². The third-order valence-corrected chi connectivity index (χ3v) is 4.85. The molecule has 1 aromatic carbocycles. The monoisotopic (exact) mass is 387 g/mol. The van der Waals surface area contributed by atoms with Gasteiger partial charge < -0.3 is 9.47 Å². The van der Waals surface area contributed by atoms with Crippen molar-refractivity contribution in [3.8, 4) is 0 Å². The fourth-order valence-corrected chi connectivity index (χ4v) is 3.51. The lowest BCUT2D eigenvalue weighted by atomic mass is 9.81. The van der Waals surface area contributed by atoms with E-state index in [-0.39, 0.29) is 18.5 Å². The van der Waals surface area contributed by atoms with Crippen LogP contribution in [0.5, 0.6) is 0 Å². The van der Waals surface area contributed by atoms with Crippen molar-refractivity contribution in [2.75, 3.05) is 0 Å². The first-order chi connectivity index (χ1) is 13.3. The molecule has 5 heteroatoms. The Morgan fingerprint density at radius 2 is 1.82 bits per heavy atom. The maximum absolute atomic E-state index is 13.1. The molecular formula is C23H33NO4. The topological polar surface area (TPSA) is 64.6 Å². The van der Waals surface area contributed by atoms with Crippen LogP contribution >= 0.6 is 0 Å². The molecule has 28 heavy (non-hydrogen) atoms. The number of carbonyl (C=O) groups is 2. The molecule has 1 aromatic rings. The van der Waals surface area contributed by atoms with Gasteiger partial charge in [-0.2, -0.15) is 0 Å². The van der Waals surface area contributed by atoms with Gasteiger partial charge in [-0.3, -0.25) is 14.9 Å². The van der Waals surface area contributed by atoms with Crippen molar-refractivity contribution < 1.29 is 19.1 Å². The van der Waals surface area contributed by atoms with Crippen LogP contribution in [0.25, 0.3) is 0 Å². The quantitative estimate of drug-likeness (QED) is 0.532. The third kappa shape index (κ3) is 6.48. The fraction of sp³-hybridized carbons (Fsp3) is 0.565. The average Bonchev–Trinajstić information content (AvgIpc) is 2.66. The molecule has 1 aliphatic rings. The predicted molar refractivity (Wildman–Crippen MR) is 110 cm³/mol. The molecule has 5 nitrogen and oxygen atoms in total. The molecule has 1 N–H and O–H groups in total. The van der Waals surface area contributed by atoms with Gasteiger partial charge >= 0.3 is 11.9 Å². The van der Waals surface area contributed by atoms with Gasteiger partial charge in [0, 0.05) is 0 Å². The fourth-order valence-electron chi connectivity index (χ4n) is 3.51. The van der Waals surface area contributed by atoms with Crippen molar-refractivity contribution in [2.45, 2.75) is 83.1 Å². The lowest BCUT2D eigenvalue weighted by Crippen LogP contribution is -2.60. The zero-order chi connectivity index (χ0) is 20.6. The zero-order valence-corrected chi connectivity index (χ0v) is 17.3. The normalized spacial score (nSPS) is 17.4. The van der Waals surface area contributed by atoms with Crippen LogP contribution in [0.4, 0.5) is 0 Å². The largest absolute Gasteiger partial charge is 0.459 e. The van der Waals surface area contributed by atoms with E-state index in [1.165, 1.54) is 0 Å². The van der Waals surface area contributed by atoms with Crippen LogP contribution in [0.15, 0.2) is 43.0 Å². The first-order valence-corrected chi connectivity index (χ1v) is 10.1. The summed E-state index contributed by atoms with van der Waals surface area (Å²) in [4.78, 5) is 25.8. The van der Waals surface area contributed by atoms with E-state index in [9.17, 15) is 9.59 Å². The van der Waals surface area contributed by atoms with Crippen LogP contribution < -0.4 is 5.32 Å². The Bertz CT molecular complexity index is 657. The average molecular weight is 388 g/mol. The van der Waals surface area contributed by atoms with Crippen LogP contribution in [0, 0.1) is 0 Å². The van der Waals surface area contributed by atoms with Gasteiger partial charge in [0.05, 0.1) is 0 Å². The highest BCUT2D eigenvalue weighted by Gasteiger charge is 2.44. The Morgan fingerprint density at radius 3 is 2.39 bits per heavy atom. The van der Waals surface area contributed by atoms with Gasteiger partial charge in [-0.05, 0) is 45.6 Å². The Labute approximate surface area is 168 Å². The van der Waals surface area contributed by atoms with E-state index in [4.69, 9.17) is 9.47 Å². The summed E-state index contributed by atoms with van der Waals surface area (Å²) in [6, 6.07) is 8.99. The number of hydrogen-bond acceptors (Lipinski definition) is 5. The molecule has 0 radical (unpaired) electrons. The SMILES string of the molecule is C=CCC(NC1(C(=O)OCc2ccccc2)CCCCC1)C(=O)OC(C)(C)C. The van der Waals surface area contributed by atoms with Crippen LogP contribution in [-0.2, 0) is 25.7 Å². The number of nitrogens with one attached hydrogen (secondary N) is 1. The zero-order valence-electron chi connectivity index (χ0n) is 17.3.